The molecule has 0 saturated carbocycles. The number of hydrogen-bond acceptors (Lipinski definition) is 6. The number of hydrogen-bond donors (Lipinski definition) is 1. The number of benzene rings is 1. The van der Waals surface area contributed by atoms with Crippen LogP contribution in [0.15, 0.2) is 41.2 Å². The van der Waals surface area contributed by atoms with Crippen LogP contribution in [0.2, 0.25) is 0 Å². The maximum absolute atomic E-state index is 12.1. The Balaban J connectivity index is 1.60. The van der Waals surface area contributed by atoms with Crippen molar-refractivity contribution in [1.29, 1.82) is 0 Å². The Bertz CT molecular complexity index is 770. The molecule has 4 rings (SSSR count). The number of carbonyl (C=O) groups is 1. The number of rotatable bonds is 2. The molecule has 1 amide bonds. The molecule has 1 aromatic carbocycles. The molecule has 2 aliphatic heterocycles. The molecular formula is C15H12N2O3S2. The van der Waals surface area contributed by atoms with Gasteiger partial charge in [-0.15, -0.1) is 23.1 Å². The van der Waals surface area contributed by atoms with E-state index in [-0.39, 0.29) is 11.7 Å². The molecule has 7 heteroatoms. The molecule has 0 radical (unpaired) electrons. The van der Waals surface area contributed by atoms with Crippen LogP contribution in [0.4, 0.5) is 5.13 Å². The number of thioether (sulfide) groups is 1. The maximum atomic E-state index is 12.1. The second-order valence-corrected chi connectivity index (χ2v) is 6.83. The first kappa shape index (κ1) is 13.7. The summed E-state index contributed by atoms with van der Waals surface area (Å²) in [4.78, 5) is 19.1. The van der Waals surface area contributed by atoms with Crippen LogP contribution in [0.25, 0.3) is 11.3 Å². The average Bonchev–Trinajstić information content (AvgIpc) is 2.98. The second-order valence-electron chi connectivity index (χ2n) is 4.73. The molecular weight excluding hydrogens is 320 g/mol. The number of ether oxygens (including phenoxy) is 2. The van der Waals surface area contributed by atoms with Gasteiger partial charge in [-0.2, -0.15) is 0 Å². The molecule has 2 aliphatic rings. The molecule has 0 spiro atoms. The van der Waals surface area contributed by atoms with Gasteiger partial charge in [0.15, 0.2) is 5.13 Å². The number of anilines is 1. The molecule has 112 valence electrons. The van der Waals surface area contributed by atoms with Gasteiger partial charge in [0, 0.05) is 21.1 Å². The summed E-state index contributed by atoms with van der Waals surface area (Å²) in [5.41, 5.74) is 2.09. The lowest BCUT2D eigenvalue weighted by Crippen LogP contribution is -2.21. The molecule has 22 heavy (non-hydrogen) atoms. The van der Waals surface area contributed by atoms with Gasteiger partial charge in [-0.1, -0.05) is 18.2 Å². The highest BCUT2D eigenvalue weighted by molar-refractivity contribution is 7.98. The van der Waals surface area contributed by atoms with Crippen molar-refractivity contribution < 1.29 is 14.3 Å². The van der Waals surface area contributed by atoms with E-state index in [4.69, 9.17) is 9.47 Å². The summed E-state index contributed by atoms with van der Waals surface area (Å²) >= 11 is 3.30. The standard InChI is InChI=1S/C15H12N2O3S2/c18-14(10-7-19-5-6-20-10)17-15-16-13-9-3-1-2-4-11(9)21-8-12(13)22-15/h1-4,7H,5-6,8H2,(H,16,17,18). The van der Waals surface area contributed by atoms with Gasteiger partial charge < -0.3 is 9.47 Å². The van der Waals surface area contributed by atoms with Crippen molar-refractivity contribution in [1.82, 2.24) is 4.98 Å². The van der Waals surface area contributed by atoms with Crippen molar-refractivity contribution in [2.24, 2.45) is 0 Å². The Hall–Kier alpha value is -1.99. The molecule has 0 unspecified atom stereocenters. The van der Waals surface area contributed by atoms with E-state index in [2.05, 4.69) is 22.4 Å². The van der Waals surface area contributed by atoms with Gasteiger partial charge >= 0.3 is 0 Å². The minimum Gasteiger partial charge on any atom is -0.494 e. The molecule has 0 fully saturated rings. The van der Waals surface area contributed by atoms with Crippen LogP contribution >= 0.6 is 23.1 Å². The lowest BCUT2D eigenvalue weighted by atomic mass is 10.1. The third kappa shape index (κ3) is 2.46. The van der Waals surface area contributed by atoms with Crippen molar-refractivity contribution >= 4 is 34.1 Å². The number of nitrogens with one attached hydrogen (secondary N) is 1. The Morgan fingerprint density at radius 2 is 2.18 bits per heavy atom. The molecule has 2 aromatic rings. The van der Waals surface area contributed by atoms with E-state index < -0.39 is 0 Å². The normalized spacial score (nSPS) is 15.7. The lowest BCUT2D eigenvalue weighted by molar-refractivity contribution is -0.117. The Kier molecular flexibility index (Phi) is 3.51. The maximum Gasteiger partial charge on any atom is 0.295 e. The van der Waals surface area contributed by atoms with E-state index in [0.717, 1.165) is 17.0 Å². The fourth-order valence-corrected chi connectivity index (χ4v) is 4.39. The van der Waals surface area contributed by atoms with Crippen molar-refractivity contribution in [2.45, 2.75) is 10.6 Å². The van der Waals surface area contributed by atoms with Gasteiger partial charge in [0.2, 0.25) is 5.76 Å². The third-order valence-corrected chi connectivity index (χ3v) is 5.55. The van der Waals surface area contributed by atoms with Crippen LogP contribution < -0.4 is 5.32 Å². The van der Waals surface area contributed by atoms with Crippen molar-refractivity contribution in [3.63, 3.8) is 0 Å². The fourth-order valence-electron chi connectivity index (χ4n) is 2.29. The van der Waals surface area contributed by atoms with E-state index >= 15 is 0 Å². The van der Waals surface area contributed by atoms with Gasteiger partial charge in [-0.3, -0.25) is 10.1 Å². The van der Waals surface area contributed by atoms with E-state index in [1.54, 1.807) is 11.8 Å². The largest absolute Gasteiger partial charge is 0.494 e. The van der Waals surface area contributed by atoms with Crippen LogP contribution in [-0.2, 0) is 20.0 Å². The lowest BCUT2D eigenvalue weighted by Gasteiger charge is -2.14. The van der Waals surface area contributed by atoms with Crippen LogP contribution in [0.3, 0.4) is 0 Å². The number of nitrogens with zero attached hydrogens (tertiary/aromatic N) is 1. The molecule has 5 nitrogen and oxygen atoms in total. The van der Waals surface area contributed by atoms with E-state index in [1.165, 1.54) is 27.4 Å². The predicted octanol–water partition coefficient (Wildman–Crippen LogP) is 3.24. The minimum atomic E-state index is -0.327. The monoisotopic (exact) mass is 332 g/mol. The van der Waals surface area contributed by atoms with Crippen molar-refractivity contribution in [3.05, 3.63) is 41.2 Å². The summed E-state index contributed by atoms with van der Waals surface area (Å²) < 4.78 is 10.4. The Labute approximate surface area is 135 Å². The van der Waals surface area contributed by atoms with Gasteiger partial charge in [0.05, 0.1) is 5.69 Å². The fraction of sp³-hybridized carbons (Fsp3) is 0.200. The van der Waals surface area contributed by atoms with Gasteiger partial charge in [-0.05, 0) is 6.07 Å². The van der Waals surface area contributed by atoms with Crippen LogP contribution in [0, 0.1) is 0 Å². The summed E-state index contributed by atoms with van der Waals surface area (Å²) in [6.07, 6.45) is 1.34. The predicted molar refractivity (Wildman–Crippen MR) is 85.7 cm³/mol. The zero-order valence-corrected chi connectivity index (χ0v) is 13.1. The number of aromatic nitrogens is 1. The number of amides is 1. The molecule has 0 aliphatic carbocycles. The molecule has 0 saturated heterocycles. The highest BCUT2D eigenvalue weighted by atomic mass is 32.2. The third-order valence-electron chi connectivity index (χ3n) is 3.29. The van der Waals surface area contributed by atoms with Crippen LogP contribution in [-0.4, -0.2) is 24.1 Å². The van der Waals surface area contributed by atoms with Gasteiger partial charge in [0.25, 0.3) is 5.91 Å². The molecule has 3 heterocycles. The highest BCUT2D eigenvalue weighted by Gasteiger charge is 2.23. The second kappa shape index (κ2) is 5.66. The Morgan fingerprint density at radius 3 is 3.05 bits per heavy atom. The summed E-state index contributed by atoms with van der Waals surface area (Å²) in [5.74, 6) is 0.739. The topological polar surface area (TPSA) is 60.5 Å². The zero-order valence-electron chi connectivity index (χ0n) is 11.5. The highest BCUT2D eigenvalue weighted by Crippen LogP contribution is 2.44. The first-order chi connectivity index (χ1) is 10.8. The van der Waals surface area contributed by atoms with Gasteiger partial charge in [0.1, 0.15) is 19.5 Å². The quantitative estimate of drug-likeness (QED) is 0.915. The first-order valence-corrected chi connectivity index (χ1v) is 8.59. The average molecular weight is 332 g/mol. The molecule has 1 N–H and O–H groups in total. The van der Waals surface area contributed by atoms with E-state index in [0.29, 0.717) is 18.3 Å². The summed E-state index contributed by atoms with van der Waals surface area (Å²) in [5, 5.41) is 3.37. The van der Waals surface area contributed by atoms with Crippen LogP contribution in [0.1, 0.15) is 4.88 Å². The summed E-state index contributed by atoms with van der Waals surface area (Å²) in [7, 11) is 0. The first-order valence-electron chi connectivity index (χ1n) is 6.79. The Morgan fingerprint density at radius 1 is 1.27 bits per heavy atom. The summed E-state index contributed by atoms with van der Waals surface area (Å²) in [6.45, 7) is 0.855. The zero-order chi connectivity index (χ0) is 14.9. The van der Waals surface area contributed by atoms with E-state index in [9.17, 15) is 4.79 Å². The van der Waals surface area contributed by atoms with Crippen molar-refractivity contribution in [3.8, 4) is 11.3 Å². The number of fused-ring (bicyclic) bond motifs is 3. The smallest absolute Gasteiger partial charge is 0.295 e. The SMILES string of the molecule is O=C(Nc1nc2c(s1)CSc1ccccc1-2)C1=COCCO1. The number of thiazole rings is 1. The minimum absolute atomic E-state index is 0.189. The van der Waals surface area contributed by atoms with Gasteiger partial charge in [-0.25, -0.2) is 4.98 Å². The van der Waals surface area contributed by atoms with Crippen LogP contribution in [0.5, 0.6) is 0 Å². The number of carbonyl (C=O) groups excluding carboxylic acids is 1. The molecule has 0 bridgehead atoms. The summed E-state index contributed by atoms with van der Waals surface area (Å²) in [6, 6.07) is 8.19. The molecule has 1 aromatic heterocycles. The molecule has 0 atom stereocenters. The van der Waals surface area contributed by atoms with E-state index in [1.807, 2.05) is 12.1 Å². The van der Waals surface area contributed by atoms with Crippen molar-refractivity contribution in [2.75, 3.05) is 18.5 Å².